The van der Waals surface area contributed by atoms with Gasteiger partial charge in [-0.15, -0.1) is 0 Å². The number of rotatable bonds is 3. The third-order valence-electron chi connectivity index (χ3n) is 1.37. The number of hydrogen-bond acceptors (Lipinski definition) is 2. The van der Waals surface area contributed by atoms with Crippen LogP contribution in [0.3, 0.4) is 0 Å². The summed E-state index contributed by atoms with van der Waals surface area (Å²) in [6.45, 7) is 1.89. The Hall–Kier alpha value is -0.0500. The normalized spacial score (nSPS) is 20.1. The van der Waals surface area contributed by atoms with Crippen molar-refractivity contribution < 1.29 is 8.42 Å². The molecule has 1 aliphatic carbocycles. The van der Waals surface area contributed by atoms with Crippen LogP contribution < -0.4 is 0 Å². The first-order valence-electron chi connectivity index (χ1n) is 3.24. The molecule has 0 bridgehead atoms. The summed E-state index contributed by atoms with van der Waals surface area (Å²) in [4.78, 5) is 0. The van der Waals surface area contributed by atoms with E-state index in [1.807, 2.05) is 6.92 Å². The zero-order valence-corrected chi connectivity index (χ0v) is 6.37. The van der Waals surface area contributed by atoms with Crippen molar-refractivity contribution in [3.8, 4) is 0 Å². The van der Waals surface area contributed by atoms with Gasteiger partial charge in [-0.2, -0.15) is 0 Å². The lowest BCUT2D eigenvalue weighted by Gasteiger charge is -1.95. The van der Waals surface area contributed by atoms with E-state index in [-0.39, 0.29) is 0 Å². The molecule has 2 nitrogen and oxygen atoms in total. The van der Waals surface area contributed by atoms with Crippen LogP contribution in [0.2, 0.25) is 0 Å². The highest BCUT2D eigenvalue weighted by molar-refractivity contribution is 7.94. The highest BCUT2D eigenvalue weighted by Gasteiger charge is 2.35. The Balaban J connectivity index is 2.51. The second-order valence-electron chi connectivity index (χ2n) is 2.36. The molecule has 1 rings (SSSR count). The summed E-state index contributed by atoms with van der Waals surface area (Å²) in [7, 11) is -2.72. The molecule has 0 aromatic heterocycles. The summed E-state index contributed by atoms with van der Waals surface area (Å²) >= 11 is 0. The van der Waals surface area contributed by atoms with Gasteiger partial charge in [0.25, 0.3) is 0 Å². The van der Waals surface area contributed by atoms with Gasteiger partial charge in [-0.25, -0.2) is 8.42 Å². The Labute approximate surface area is 56.2 Å². The van der Waals surface area contributed by atoms with Gasteiger partial charge in [0, 0.05) is 0 Å². The van der Waals surface area contributed by atoms with E-state index in [1.54, 1.807) is 0 Å². The quantitative estimate of drug-likeness (QED) is 0.599. The molecule has 1 fully saturated rings. The van der Waals surface area contributed by atoms with Crippen LogP contribution in [0.15, 0.2) is 0 Å². The molecular weight excluding hydrogens is 136 g/mol. The maximum absolute atomic E-state index is 11.0. The van der Waals surface area contributed by atoms with Crippen molar-refractivity contribution in [2.24, 2.45) is 0 Å². The second kappa shape index (κ2) is 2.29. The van der Waals surface area contributed by atoms with E-state index >= 15 is 0 Å². The first kappa shape index (κ1) is 7.06. The largest absolute Gasteiger partial charge is 0.228 e. The molecule has 0 spiro atoms. The van der Waals surface area contributed by atoms with Crippen LogP contribution in [0.5, 0.6) is 0 Å². The summed E-state index contributed by atoms with van der Waals surface area (Å²) in [5.41, 5.74) is 0. The minimum absolute atomic E-state index is 0.350. The first-order valence-corrected chi connectivity index (χ1v) is 4.89. The molecule has 0 atom stereocenters. The van der Waals surface area contributed by atoms with Crippen molar-refractivity contribution in [3.63, 3.8) is 0 Å². The summed E-state index contributed by atoms with van der Waals surface area (Å²) in [5, 5.41) is 0.768. The first-order chi connectivity index (χ1) is 4.17. The van der Waals surface area contributed by atoms with Gasteiger partial charge in [-0.1, -0.05) is 6.92 Å². The predicted molar refractivity (Wildman–Crippen MR) is 36.6 cm³/mol. The zero-order valence-electron chi connectivity index (χ0n) is 5.55. The fourth-order valence-corrected chi connectivity index (χ4v) is 2.33. The summed E-state index contributed by atoms with van der Waals surface area (Å²) < 4.78 is 21.9. The van der Waals surface area contributed by atoms with Gasteiger partial charge in [0.2, 0.25) is 0 Å². The van der Waals surface area contributed by atoms with Crippen molar-refractivity contribution in [2.75, 3.05) is 5.75 Å². The minimum Gasteiger partial charge on any atom is -0.228 e. The van der Waals surface area contributed by atoms with Gasteiger partial charge >= 0.3 is 0 Å². The molecule has 0 N–H and O–H groups in total. The van der Waals surface area contributed by atoms with E-state index in [9.17, 15) is 8.42 Å². The Kier molecular flexibility index (Phi) is 1.80. The molecular formula is C6H11O2S. The predicted octanol–water partition coefficient (Wildman–Crippen LogP) is 1.14. The van der Waals surface area contributed by atoms with Crippen LogP contribution in [-0.4, -0.2) is 14.2 Å². The summed E-state index contributed by atoms with van der Waals surface area (Å²) in [5.74, 6) is 0.350. The average Bonchev–Trinajstić information content (AvgIpc) is 2.41. The molecule has 1 aliphatic rings. The van der Waals surface area contributed by atoms with Crippen molar-refractivity contribution in [1.82, 2.24) is 0 Å². The molecule has 0 aromatic carbocycles. The fourth-order valence-electron chi connectivity index (χ4n) is 0.775. The van der Waals surface area contributed by atoms with Gasteiger partial charge in [0.1, 0.15) is 0 Å². The van der Waals surface area contributed by atoms with E-state index in [4.69, 9.17) is 0 Å². The lowest BCUT2D eigenvalue weighted by Crippen LogP contribution is -2.04. The molecule has 0 saturated heterocycles. The Morgan fingerprint density at radius 2 is 2.00 bits per heavy atom. The van der Waals surface area contributed by atoms with Crippen molar-refractivity contribution in [3.05, 3.63) is 5.25 Å². The van der Waals surface area contributed by atoms with Gasteiger partial charge < -0.3 is 0 Å². The Morgan fingerprint density at radius 3 is 2.33 bits per heavy atom. The Bertz CT molecular complexity index is 177. The third-order valence-corrected chi connectivity index (χ3v) is 3.60. The van der Waals surface area contributed by atoms with Crippen molar-refractivity contribution in [2.45, 2.75) is 26.2 Å². The smallest absolute Gasteiger partial charge is 0.157 e. The molecule has 0 aliphatic heterocycles. The van der Waals surface area contributed by atoms with E-state index in [2.05, 4.69) is 0 Å². The summed E-state index contributed by atoms with van der Waals surface area (Å²) in [6.07, 6.45) is 2.39. The van der Waals surface area contributed by atoms with Crippen LogP contribution in [-0.2, 0) is 9.84 Å². The average molecular weight is 147 g/mol. The van der Waals surface area contributed by atoms with E-state index in [0.717, 1.165) is 24.5 Å². The molecule has 0 unspecified atom stereocenters. The molecule has 1 saturated carbocycles. The van der Waals surface area contributed by atoms with Crippen LogP contribution in [0.25, 0.3) is 0 Å². The third kappa shape index (κ3) is 1.68. The lowest BCUT2D eigenvalue weighted by molar-refractivity contribution is 0.599. The molecule has 9 heavy (non-hydrogen) atoms. The van der Waals surface area contributed by atoms with E-state index in [0.29, 0.717) is 5.75 Å². The topological polar surface area (TPSA) is 34.1 Å². The highest BCUT2D eigenvalue weighted by atomic mass is 32.2. The lowest BCUT2D eigenvalue weighted by atomic mass is 10.6. The van der Waals surface area contributed by atoms with Gasteiger partial charge in [0.15, 0.2) is 9.84 Å². The highest BCUT2D eigenvalue weighted by Crippen LogP contribution is 2.38. The maximum Gasteiger partial charge on any atom is 0.157 e. The molecule has 0 aromatic rings. The molecule has 1 radical (unpaired) electrons. The van der Waals surface area contributed by atoms with E-state index in [1.165, 1.54) is 0 Å². The minimum atomic E-state index is -2.72. The monoisotopic (exact) mass is 147 g/mol. The standard InChI is InChI=1S/C6H11O2S/c1-2-5-9(7,8)6-3-4-6/h2-5H2,1H3. The Morgan fingerprint density at radius 1 is 1.44 bits per heavy atom. The van der Waals surface area contributed by atoms with Crippen LogP contribution in [0, 0.1) is 5.25 Å². The SMILES string of the molecule is CCCS(=O)(=O)[C]1CC1. The molecule has 3 heteroatoms. The van der Waals surface area contributed by atoms with Crippen molar-refractivity contribution in [1.29, 1.82) is 0 Å². The van der Waals surface area contributed by atoms with Gasteiger partial charge in [-0.05, 0) is 19.3 Å². The van der Waals surface area contributed by atoms with Crippen LogP contribution in [0.4, 0.5) is 0 Å². The van der Waals surface area contributed by atoms with Crippen LogP contribution >= 0.6 is 0 Å². The summed E-state index contributed by atoms with van der Waals surface area (Å²) in [6, 6.07) is 0. The molecule has 0 heterocycles. The van der Waals surface area contributed by atoms with Crippen molar-refractivity contribution >= 4 is 9.84 Å². The number of hydrogen-bond donors (Lipinski definition) is 0. The van der Waals surface area contributed by atoms with Gasteiger partial charge in [-0.3, -0.25) is 0 Å². The number of sulfone groups is 1. The zero-order chi connectivity index (χ0) is 6.91. The molecule has 53 valence electrons. The van der Waals surface area contributed by atoms with Gasteiger partial charge in [0.05, 0.1) is 11.0 Å². The maximum atomic E-state index is 11.0. The fraction of sp³-hybridized carbons (Fsp3) is 0.833. The van der Waals surface area contributed by atoms with Crippen LogP contribution in [0.1, 0.15) is 26.2 Å². The second-order valence-corrected chi connectivity index (χ2v) is 4.57. The van der Waals surface area contributed by atoms with E-state index < -0.39 is 9.84 Å². The molecule has 0 amide bonds.